The van der Waals surface area contributed by atoms with E-state index < -0.39 is 152 Å². The van der Waals surface area contributed by atoms with E-state index in [0.717, 1.165) is 50.7 Å². The number of benzene rings is 3. The fraction of sp³-hybridized carbons (Fsp3) is 0.357. The molecule has 630 valence electrons. The van der Waals surface area contributed by atoms with Gasteiger partial charge in [-0.2, -0.15) is 15.0 Å². The Bertz CT molecular complexity index is 5690. The Morgan fingerprint density at radius 1 is 0.375 bits per heavy atom. The number of hydrogen-bond donors (Lipinski definition) is 3. The summed E-state index contributed by atoms with van der Waals surface area (Å²) < 4.78 is 167. The van der Waals surface area contributed by atoms with Gasteiger partial charge in [0.15, 0.2) is 75.1 Å². The number of aryl methyl sites for hydroxylation is 3. The highest BCUT2D eigenvalue weighted by Gasteiger charge is 2.36. The molecule has 0 unspecified atom stereocenters. The maximum Gasteiger partial charge on any atom is 0.355 e. The first-order chi connectivity index (χ1) is 56.7. The average molecular weight is 1740 g/mol. The summed E-state index contributed by atoms with van der Waals surface area (Å²) in [5.41, 5.74) is 13.1. The quantitative estimate of drug-likeness (QED) is 0.0444. The number of rotatable bonds is 12. The number of pyridine rings is 6. The summed E-state index contributed by atoms with van der Waals surface area (Å²) in [5, 5.41) is -2.59. The van der Waals surface area contributed by atoms with Gasteiger partial charge in [-0.3, -0.25) is 15.0 Å². The lowest BCUT2D eigenvalue weighted by Crippen LogP contribution is -2.37. The number of fused-ring (bicyclic) bond motifs is 3. The van der Waals surface area contributed by atoms with Gasteiger partial charge in [0.2, 0.25) is 0 Å². The predicted octanol–water partition coefficient (Wildman–Crippen LogP) is 19.4. The number of nitrogen functional groups attached to an aromatic ring is 3. The SMILES string of the molecule is Cc1ccnc(C(C)C)c1-n1c(=O)nc(N2CCC[C@H](C)C2)c2cc(F)c(-c3c(Cl)c(N)c(F)c(F)c3Cl)nc21.Cc1ccnc(C(C)C)c1-n1c(=O)nc(N2CCC[C@H](C)C2)c2cc(F)c(-c3c(F)c(N)c(F)c(F)c3Cl)nc21.Cc1ccnc(C(C)C)c1-n1c(=O)nc(N2CCC[C@H](C)C2)c2cc(F)c(-c3c(N)c(Cl)c(F)c(F)c3F)nc21. The van der Waals surface area contributed by atoms with E-state index in [1.807, 2.05) is 63.2 Å². The Kier molecular flexibility index (Phi) is 24.9. The highest BCUT2D eigenvalue weighted by atomic mass is 35.5. The van der Waals surface area contributed by atoms with Gasteiger partial charge in [0.05, 0.1) is 87.9 Å². The van der Waals surface area contributed by atoms with Crippen molar-refractivity contribution in [1.29, 1.82) is 0 Å². The molecule has 9 aromatic heterocycles. The number of anilines is 6. The van der Waals surface area contributed by atoms with Crippen molar-refractivity contribution < 1.29 is 48.3 Å². The first kappa shape index (κ1) is 87.0. The summed E-state index contributed by atoms with van der Waals surface area (Å²) in [6, 6.07) is 8.44. The van der Waals surface area contributed by atoms with E-state index in [0.29, 0.717) is 108 Å². The first-order valence-corrected chi connectivity index (χ1v) is 40.1. The van der Waals surface area contributed by atoms with Gasteiger partial charge in [-0.15, -0.1) is 0 Å². The van der Waals surface area contributed by atoms with Crippen LogP contribution in [0.5, 0.6) is 0 Å². The Morgan fingerprint density at radius 3 is 1.02 bits per heavy atom. The van der Waals surface area contributed by atoms with Gasteiger partial charge in [-0.05, 0) is 148 Å². The topological polar surface area (TPSA) is 270 Å². The zero-order valence-corrected chi connectivity index (χ0v) is 70.0. The molecule has 21 nitrogen and oxygen atoms in total. The van der Waals surface area contributed by atoms with Crippen LogP contribution in [0.3, 0.4) is 0 Å². The molecule has 0 saturated carbocycles. The normalized spacial score (nSPS) is 15.8. The Balaban J connectivity index is 0.000000156. The molecule has 36 heteroatoms. The lowest BCUT2D eigenvalue weighted by molar-refractivity contribution is 0.445. The first-order valence-electron chi connectivity index (χ1n) is 38.6. The summed E-state index contributed by atoms with van der Waals surface area (Å²) in [6.07, 6.45) is 10.4. The van der Waals surface area contributed by atoms with Gasteiger partial charge in [0.25, 0.3) is 0 Å². The van der Waals surface area contributed by atoms with Crippen molar-refractivity contribution in [2.75, 3.05) is 71.2 Å². The molecule has 15 rings (SSSR count). The number of halogens is 15. The standard InChI is InChI=1S/C28H27Cl2F3N6O.2C28H27ClF4N6O/c1-12(2)23-25(14(4)7-8-35-23)39-27-15(26(37-28(39)40)38-9-5-6-13(3)11-38)10-16(31)24(36-27)17-18(29)20(32)21(33)22(34)19(17)30;1-12(2)23-25(14(4)7-8-35-23)39-27-15(26(37-28(39)40)38-9-5-6-13(3)11-38)10-16(30)24(36-27)17-19(31)21(33)20(32)18(29)22(17)34;1-12(2)23-25(14(4)7-8-35-23)39-27-15(26(37-28(39)40)38-9-5-6-13(3)11-38)10-16(30)24(36-27)17-18(29)20(32)21(33)22(34)19(17)31/h3*7-8,10,12-13H,5-6,9,11,34H2,1-4H3/t3*13-/m000/s1. The molecule has 3 aromatic carbocycles. The third-order valence-electron chi connectivity index (χ3n) is 21.7. The number of nitrogens with zero attached hydrogens (tertiary/aromatic N) is 15. The smallest absolute Gasteiger partial charge is 0.355 e. The zero-order chi connectivity index (χ0) is 87.1. The van der Waals surface area contributed by atoms with Crippen LogP contribution in [0.15, 0.2) is 69.4 Å². The molecule has 3 aliphatic heterocycles. The van der Waals surface area contributed by atoms with Crippen molar-refractivity contribution in [3.8, 4) is 50.8 Å². The van der Waals surface area contributed by atoms with E-state index >= 15 is 22.0 Å². The van der Waals surface area contributed by atoms with Gasteiger partial charge in [0.1, 0.15) is 51.1 Å². The van der Waals surface area contributed by atoms with Crippen LogP contribution in [-0.2, 0) is 0 Å². The number of aromatic nitrogens is 12. The summed E-state index contributed by atoms with van der Waals surface area (Å²) in [4.78, 5) is 86.8. The molecule has 0 spiro atoms. The summed E-state index contributed by atoms with van der Waals surface area (Å²) >= 11 is 24.2. The molecule has 3 atom stereocenters. The number of piperidine rings is 3. The zero-order valence-electron chi connectivity index (χ0n) is 67.0. The molecule has 120 heavy (non-hydrogen) atoms. The maximum atomic E-state index is 15.9. The highest BCUT2D eigenvalue weighted by molar-refractivity contribution is 6.41. The minimum absolute atomic E-state index is 0.0399. The Morgan fingerprint density at radius 2 is 0.683 bits per heavy atom. The van der Waals surface area contributed by atoms with Crippen LogP contribution in [0.4, 0.5) is 82.8 Å². The lowest BCUT2D eigenvalue weighted by atomic mass is 10.00. The van der Waals surface area contributed by atoms with Gasteiger partial charge in [0, 0.05) is 63.4 Å². The lowest BCUT2D eigenvalue weighted by Gasteiger charge is -2.32. The second-order valence-electron chi connectivity index (χ2n) is 31.5. The van der Waals surface area contributed by atoms with Crippen molar-refractivity contribution >= 4 is 114 Å². The molecule has 0 radical (unpaired) electrons. The van der Waals surface area contributed by atoms with Gasteiger partial charge in [-0.25, -0.2) is 91.3 Å². The van der Waals surface area contributed by atoms with Gasteiger partial charge in [-0.1, -0.05) is 109 Å². The second-order valence-corrected chi connectivity index (χ2v) is 33.0. The van der Waals surface area contributed by atoms with Crippen LogP contribution in [0, 0.1) is 103 Å². The van der Waals surface area contributed by atoms with E-state index in [2.05, 4.69) is 65.6 Å². The van der Waals surface area contributed by atoms with Crippen LogP contribution in [0.1, 0.15) is 152 Å². The minimum Gasteiger partial charge on any atom is -0.397 e. The van der Waals surface area contributed by atoms with Crippen LogP contribution < -0.4 is 49.0 Å². The van der Waals surface area contributed by atoms with Crippen molar-refractivity contribution in [3.63, 3.8) is 0 Å². The molecule has 3 fully saturated rings. The maximum absolute atomic E-state index is 15.9. The van der Waals surface area contributed by atoms with Crippen molar-refractivity contribution in [3.05, 3.63) is 204 Å². The Labute approximate surface area is 700 Å². The third-order valence-corrected chi connectivity index (χ3v) is 23.1. The molecule has 3 saturated heterocycles. The van der Waals surface area contributed by atoms with E-state index in [9.17, 15) is 40.7 Å². The molecule has 6 N–H and O–H groups in total. The van der Waals surface area contributed by atoms with E-state index in [1.165, 1.54) is 19.8 Å². The summed E-state index contributed by atoms with van der Waals surface area (Å²) in [5.74, 6) is -14.9. The highest BCUT2D eigenvalue weighted by Crippen LogP contribution is 2.47. The predicted molar refractivity (Wildman–Crippen MR) is 446 cm³/mol. The van der Waals surface area contributed by atoms with Crippen molar-refractivity contribution in [2.24, 2.45) is 17.8 Å². The molecule has 12 heterocycles. The average Bonchev–Trinajstić information content (AvgIpc) is 0.739. The van der Waals surface area contributed by atoms with Crippen LogP contribution in [-0.4, -0.2) is 97.8 Å². The van der Waals surface area contributed by atoms with Crippen molar-refractivity contribution in [2.45, 2.75) is 139 Å². The minimum atomic E-state index is -1.92. The molecule has 0 amide bonds. The van der Waals surface area contributed by atoms with E-state index in [4.69, 9.17) is 63.6 Å². The van der Waals surface area contributed by atoms with E-state index in [-0.39, 0.29) is 68.3 Å². The van der Waals surface area contributed by atoms with E-state index in [1.54, 1.807) is 50.6 Å². The molecule has 0 aliphatic carbocycles. The molecule has 3 aliphatic rings. The molecule has 0 bridgehead atoms. The molecule has 12 aromatic rings. The fourth-order valence-electron chi connectivity index (χ4n) is 15.8. The largest absolute Gasteiger partial charge is 0.397 e. The second kappa shape index (κ2) is 34.4. The number of nitrogens with two attached hydrogens (primary N) is 3. The monoisotopic (exact) mass is 1740 g/mol. The van der Waals surface area contributed by atoms with Crippen molar-refractivity contribution in [1.82, 2.24) is 58.6 Å². The fourth-order valence-corrected chi connectivity index (χ4v) is 16.8. The van der Waals surface area contributed by atoms with Crippen LogP contribution >= 0.6 is 46.4 Å². The third kappa shape index (κ3) is 15.7. The van der Waals surface area contributed by atoms with Gasteiger partial charge < -0.3 is 31.9 Å². The molecular weight excluding hydrogens is 1660 g/mol. The van der Waals surface area contributed by atoms with Gasteiger partial charge >= 0.3 is 17.1 Å². The summed E-state index contributed by atoms with van der Waals surface area (Å²) in [6.45, 7) is 26.6. The Hall–Kier alpha value is -10.8. The summed E-state index contributed by atoms with van der Waals surface area (Å²) in [7, 11) is 0. The van der Waals surface area contributed by atoms with Crippen LogP contribution in [0.2, 0.25) is 20.1 Å². The molecular formula is C84H81Cl4F11N18O3. The van der Waals surface area contributed by atoms with Crippen LogP contribution in [0.25, 0.3) is 83.9 Å². The number of hydrogen-bond acceptors (Lipinski definition) is 18.